The predicted octanol–water partition coefficient (Wildman–Crippen LogP) is 11.2. The Morgan fingerprint density at radius 3 is 2.29 bits per heavy atom. The van der Waals surface area contributed by atoms with E-state index >= 15 is 4.79 Å². The zero-order valence-electron chi connectivity index (χ0n) is 41.0. The van der Waals surface area contributed by atoms with Crippen molar-refractivity contribution in [2.45, 2.75) is 140 Å². The monoisotopic (exact) mass is 951 g/mol. The molecule has 0 saturated heterocycles. The molecule has 2 aliphatic heterocycles. The second-order valence-corrected chi connectivity index (χ2v) is 18.9. The topological polar surface area (TPSA) is 155 Å². The van der Waals surface area contributed by atoms with E-state index in [1.165, 1.54) is 39.2 Å². The number of rotatable bonds is 29. The lowest BCUT2D eigenvalue weighted by Gasteiger charge is -2.60. The Bertz CT molecular complexity index is 2240. The van der Waals surface area contributed by atoms with Gasteiger partial charge in [0, 0.05) is 44.1 Å². The van der Waals surface area contributed by atoms with Crippen molar-refractivity contribution in [1.29, 1.82) is 0 Å². The van der Waals surface area contributed by atoms with Crippen molar-refractivity contribution < 1.29 is 53.1 Å². The zero-order valence-corrected chi connectivity index (χ0v) is 41.0. The molecule has 4 aliphatic rings. The molecular formula is C56H74N2O11. The Kier molecular flexibility index (Phi) is 19.0. The Hall–Kier alpha value is -5.37. The molecule has 6 atom stereocenters. The summed E-state index contributed by atoms with van der Waals surface area (Å²) >= 11 is 0. The molecule has 6 unspecified atom stereocenters. The smallest absolute Gasteiger partial charge is 0.239 e. The van der Waals surface area contributed by atoms with E-state index in [0.29, 0.717) is 65.7 Å². The lowest BCUT2D eigenvalue weighted by atomic mass is 9.55. The van der Waals surface area contributed by atoms with Crippen LogP contribution in [0.4, 0.5) is 0 Å². The normalized spacial score (nSPS) is 22.5. The fourth-order valence-electron chi connectivity index (χ4n) is 11.2. The van der Waals surface area contributed by atoms with Crippen molar-refractivity contribution in [2.75, 3.05) is 40.8 Å². The summed E-state index contributed by atoms with van der Waals surface area (Å²) in [6.07, 6.45) is 20.2. The van der Waals surface area contributed by atoms with Crippen LogP contribution in [0.5, 0.6) is 34.5 Å². The second kappa shape index (κ2) is 25.5. The minimum absolute atomic E-state index is 0.00699. The molecule has 1 saturated carbocycles. The van der Waals surface area contributed by atoms with Gasteiger partial charge in [0.05, 0.1) is 30.9 Å². The third kappa shape index (κ3) is 12.2. The summed E-state index contributed by atoms with van der Waals surface area (Å²) in [7, 11) is 3.08. The van der Waals surface area contributed by atoms with Gasteiger partial charge in [-0.25, -0.2) is 0 Å². The van der Waals surface area contributed by atoms with Crippen LogP contribution in [0, 0.1) is 17.8 Å². The van der Waals surface area contributed by atoms with Gasteiger partial charge in [0.1, 0.15) is 36.1 Å². The van der Waals surface area contributed by atoms with Crippen LogP contribution in [-0.4, -0.2) is 85.7 Å². The SMILES string of the molecule is C=CCOC12Oc3ccc(Oc4ccc(OC)c(C=O)c4)cc3C3C(CCCCO)C(CCCCO)C=C(C(=NOC)CC1N(Cc1ccc4c(c1)OCO4)C(=O)CCCCCCCCCCC)C32. The third-order valence-electron chi connectivity index (χ3n) is 14.4. The number of amides is 1. The summed E-state index contributed by atoms with van der Waals surface area (Å²) in [4.78, 5) is 34.9. The molecule has 1 amide bonds. The number of ether oxygens (including phenoxy) is 6. The van der Waals surface area contributed by atoms with Crippen LogP contribution in [-0.2, 0) is 20.9 Å². The number of benzene rings is 3. The standard InChI is InChI=1S/C56H74N2O11/c1-5-7-8-9-10-11-12-13-14-21-53(62)58(36-39-22-25-50-51(31-39)66-38-65-50)52-35-47(57-64-4)45-33-40(19-15-17-28-59)44(20-16-18-29-60)54-46-34-43(68-42-23-26-48(63-3)41(32-42)37-61)24-27-49(46)69-56(52,55(45)54)67-30-6-2/h6,22-27,31-34,37,40,44,52,54-55,59-60H,2,5,7-21,28-30,35-36,38H2,1,3-4H3. The van der Waals surface area contributed by atoms with Crippen molar-refractivity contribution in [3.05, 3.63) is 95.6 Å². The Balaban J connectivity index is 1.35. The molecule has 2 aliphatic carbocycles. The molecule has 3 aromatic rings. The number of methoxy groups -OCH3 is 1. The third-order valence-corrected chi connectivity index (χ3v) is 14.4. The van der Waals surface area contributed by atoms with Crippen LogP contribution in [0.3, 0.4) is 0 Å². The molecule has 2 heterocycles. The van der Waals surface area contributed by atoms with Gasteiger partial charge in [-0.1, -0.05) is 94.5 Å². The molecule has 0 bridgehead atoms. The van der Waals surface area contributed by atoms with Crippen molar-refractivity contribution in [3.8, 4) is 34.5 Å². The molecule has 2 N–H and O–H groups in total. The molecule has 0 aromatic heterocycles. The van der Waals surface area contributed by atoms with Crippen molar-refractivity contribution in [3.63, 3.8) is 0 Å². The predicted molar refractivity (Wildman–Crippen MR) is 265 cm³/mol. The Morgan fingerprint density at radius 1 is 0.855 bits per heavy atom. The molecule has 13 heteroatoms. The number of aliphatic hydroxyl groups excluding tert-OH is 2. The molecule has 1 fully saturated rings. The summed E-state index contributed by atoms with van der Waals surface area (Å²) in [5.74, 6) is 1.33. The van der Waals surface area contributed by atoms with Crippen LogP contribution >= 0.6 is 0 Å². The van der Waals surface area contributed by atoms with Crippen LogP contribution in [0.1, 0.15) is 143 Å². The maximum absolute atomic E-state index is 15.2. The van der Waals surface area contributed by atoms with E-state index in [1.54, 1.807) is 31.4 Å². The number of hydrogen-bond donors (Lipinski definition) is 2. The number of aliphatic hydroxyl groups is 2. The summed E-state index contributed by atoms with van der Waals surface area (Å²) in [5, 5.41) is 24.8. The maximum atomic E-state index is 15.2. The number of carbonyl (C=O) groups is 2. The zero-order chi connectivity index (χ0) is 48.6. The Labute approximate surface area is 408 Å². The van der Waals surface area contributed by atoms with E-state index in [4.69, 9.17) is 38.4 Å². The van der Waals surface area contributed by atoms with Gasteiger partial charge in [0.15, 0.2) is 17.8 Å². The van der Waals surface area contributed by atoms with Crippen molar-refractivity contribution in [1.82, 2.24) is 4.90 Å². The minimum atomic E-state index is -1.42. The Morgan fingerprint density at radius 2 is 1.57 bits per heavy atom. The molecule has 0 radical (unpaired) electrons. The highest BCUT2D eigenvalue weighted by atomic mass is 16.7. The summed E-state index contributed by atoms with van der Waals surface area (Å²) < 4.78 is 38.1. The number of aldehydes is 1. The molecule has 7 rings (SSSR count). The van der Waals surface area contributed by atoms with Crippen molar-refractivity contribution >= 4 is 17.9 Å². The number of allylic oxidation sites excluding steroid dienone is 1. The second-order valence-electron chi connectivity index (χ2n) is 18.9. The maximum Gasteiger partial charge on any atom is 0.239 e. The highest BCUT2D eigenvalue weighted by Crippen LogP contribution is 2.62. The van der Waals surface area contributed by atoms with E-state index in [0.717, 1.165) is 80.1 Å². The van der Waals surface area contributed by atoms with Crippen LogP contribution < -0.4 is 23.7 Å². The van der Waals surface area contributed by atoms with E-state index in [2.05, 4.69) is 19.6 Å². The fraction of sp³-hybridized carbons (Fsp3) is 0.554. The molecule has 69 heavy (non-hydrogen) atoms. The van der Waals surface area contributed by atoms with E-state index in [-0.39, 0.29) is 56.8 Å². The quantitative estimate of drug-likeness (QED) is 0.0296. The van der Waals surface area contributed by atoms with Crippen LogP contribution in [0.2, 0.25) is 0 Å². The van der Waals surface area contributed by atoms with E-state index < -0.39 is 17.7 Å². The highest BCUT2D eigenvalue weighted by Gasteiger charge is 2.65. The van der Waals surface area contributed by atoms with Crippen molar-refractivity contribution in [2.24, 2.45) is 22.9 Å². The molecule has 13 nitrogen and oxygen atoms in total. The lowest BCUT2D eigenvalue weighted by molar-refractivity contribution is -0.258. The van der Waals surface area contributed by atoms with E-state index in [9.17, 15) is 15.0 Å². The van der Waals surface area contributed by atoms with Gasteiger partial charge in [-0.2, -0.15) is 0 Å². The average Bonchev–Trinajstić information content (AvgIpc) is 3.84. The summed E-state index contributed by atoms with van der Waals surface area (Å²) in [5.41, 5.74) is 3.85. The molecular weight excluding hydrogens is 877 g/mol. The van der Waals surface area contributed by atoms with Crippen LogP contribution in [0.25, 0.3) is 0 Å². The number of unbranched alkanes of at least 4 members (excludes halogenated alkanes) is 10. The van der Waals surface area contributed by atoms with Gasteiger partial charge in [-0.3, -0.25) is 9.59 Å². The minimum Gasteiger partial charge on any atom is -0.496 e. The first kappa shape index (κ1) is 51.5. The number of fused-ring (bicyclic) bond motifs is 3. The fourth-order valence-corrected chi connectivity index (χ4v) is 11.2. The number of oxime groups is 1. The molecule has 374 valence electrons. The van der Waals surface area contributed by atoms with Gasteiger partial charge in [-0.15, -0.1) is 6.58 Å². The average molecular weight is 951 g/mol. The van der Waals surface area contributed by atoms with Gasteiger partial charge in [0.2, 0.25) is 18.5 Å². The van der Waals surface area contributed by atoms with Crippen LogP contribution in [0.15, 0.2) is 84.1 Å². The largest absolute Gasteiger partial charge is 0.496 e. The number of hydrogen-bond acceptors (Lipinski definition) is 12. The molecule has 3 aromatic carbocycles. The van der Waals surface area contributed by atoms with Gasteiger partial charge >= 0.3 is 0 Å². The highest BCUT2D eigenvalue weighted by molar-refractivity contribution is 6.03. The first-order valence-corrected chi connectivity index (χ1v) is 25.4. The van der Waals surface area contributed by atoms with Gasteiger partial charge in [0.25, 0.3) is 0 Å². The summed E-state index contributed by atoms with van der Waals surface area (Å²) in [6, 6.07) is 16.1. The van der Waals surface area contributed by atoms with E-state index in [1.807, 2.05) is 41.3 Å². The summed E-state index contributed by atoms with van der Waals surface area (Å²) in [6.45, 7) is 7.04. The lowest BCUT2D eigenvalue weighted by Crippen LogP contribution is -2.70. The van der Waals surface area contributed by atoms with Gasteiger partial charge < -0.3 is 48.4 Å². The first-order chi connectivity index (χ1) is 33.8. The number of carbonyl (C=O) groups excluding carboxylic acids is 2. The van der Waals surface area contributed by atoms with Gasteiger partial charge in [-0.05, 0) is 104 Å². The first-order valence-electron chi connectivity index (χ1n) is 25.4. The molecule has 0 spiro atoms. The number of nitrogens with zero attached hydrogens (tertiary/aromatic N) is 2.